The average molecular weight is 109 g/mol. The zero-order valence-corrected chi connectivity index (χ0v) is 4.39. The number of quaternary nitrogens is 1. The molecule has 0 amide bonds. The van der Waals surface area contributed by atoms with E-state index >= 15 is 0 Å². The van der Waals surface area contributed by atoms with Crippen molar-refractivity contribution in [1.82, 2.24) is 0 Å². The van der Waals surface area contributed by atoms with Crippen LogP contribution in [0.25, 0.3) is 0 Å². The molecule has 1 aliphatic rings. The van der Waals surface area contributed by atoms with Crippen LogP contribution in [-0.2, 0) is 0 Å². The van der Waals surface area contributed by atoms with Gasteiger partial charge in [-0.25, -0.2) is 0 Å². The van der Waals surface area contributed by atoms with Crippen LogP contribution in [0.2, 0.25) is 0 Å². The highest BCUT2D eigenvalue weighted by molar-refractivity contribution is 5.27. The number of hydrogen-bond donors (Lipinski definition) is 2. The molecule has 0 spiro atoms. The molecule has 2 heteroatoms. The summed E-state index contributed by atoms with van der Waals surface area (Å²) in [6.07, 6.45) is 5.00. The molecular formula is C6H7NO+. The minimum atomic E-state index is 0.220. The van der Waals surface area contributed by atoms with Crippen LogP contribution >= 0.6 is 0 Å². The Morgan fingerprint density at radius 2 is 2.25 bits per heavy atom. The zero-order valence-electron chi connectivity index (χ0n) is 4.39. The van der Waals surface area contributed by atoms with Crippen molar-refractivity contribution in [1.29, 1.82) is 0 Å². The number of hydrogen-bond acceptors (Lipinski definition) is 1. The fraction of sp³-hybridized carbons (Fsp3) is 0. The van der Waals surface area contributed by atoms with Crippen molar-refractivity contribution in [2.75, 3.05) is 0 Å². The normalized spacial score (nSPS) is 19.0. The molecule has 0 aromatic rings. The van der Waals surface area contributed by atoms with Gasteiger partial charge >= 0.3 is 0 Å². The highest BCUT2D eigenvalue weighted by Gasteiger charge is 2.00. The maximum Gasteiger partial charge on any atom is 0.151 e. The summed E-state index contributed by atoms with van der Waals surface area (Å²) in [6, 6.07) is 0. The lowest BCUT2D eigenvalue weighted by Crippen LogP contribution is -2.46. The smallest absolute Gasteiger partial charge is 0.151 e. The van der Waals surface area contributed by atoms with Gasteiger partial charge in [0.15, 0.2) is 6.10 Å². The van der Waals surface area contributed by atoms with Crippen LogP contribution in [0.5, 0.6) is 0 Å². The van der Waals surface area contributed by atoms with Gasteiger partial charge in [0.1, 0.15) is 5.70 Å². The van der Waals surface area contributed by atoms with Crippen molar-refractivity contribution in [3.63, 3.8) is 0 Å². The number of allylic oxidation sites excluding steroid dienone is 1. The second kappa shape index (κ2) is 1.97. The Morgan fingerprint density at radius 3 is 2.62 bits per heavy atom. The number of rotatable bonds is 0. The third-order valence-corrected chi connectivity index (χ3v) is 0.833. The summed E-state index contributed by atoms with van der Waals surface area (Å²) in [4.78, 5) is 0. The van der Waals surface area contributed by atoms with Crippen molar-refractivity contribution in [2.45, 2.75) is 0 Å². The van der Waals surface area contributed by atoms with Crippen molar-refractivity contribution >= 4 is 0 Å². The van der Waals surface area contributed by atoms with Crippen molar-refractivity contribution < 1.29 is 10.8 Å². The SMILES string of the molecule is [NH3+]C1=C[C](O)C=C=C1. The number of aliphatic hydroxyl groups is 1. The van der Waals surface area contributed by atoms with E-state index in [1.54, 1.807) is 12.2 Å². The molecule has 0 unspecified atom stereocenters. The maximum atomic E-state index is 8.74. The summed E-state index contributed by atoms with van der Waals surface area (Å²) in [5.41, 5.74) is 7.09. The Bertz CT molecular complexity index is 175. The van der Waals surface area contributed by atoms with Crippen LogP contribution in [0.3, 0.4) is 0 Å². The molecule has 0 saturated carbocycles. The molecule has 41 valence electrons. The van der Waals surface area contributed by atoms with E-state index in [0.29, 0.717) is 0 Å². The molecule has 0 bridgehead atoms. The summed E-state index contributed by atoms with van der Waals surface area (Å²) in [6.45, 7) is 0. The first-order valence-electron chi connectivity index (χ1n) is 2.31. The summed E-state index contributed by atoms with van der Waals surface area (Å²) in [5, 5.41) is 8.74. The van der Waals surface area contributed by atoms with E-state index in [4.69, 9.17) is 5.11 Å². The third kappa shape index (κ3) is 1.07. The molecule has 0 saturated heterocycles. The van der Waals surface area contributed by atoms with Gasteiger partial charge < -0.3 is 10.8 Å². The van der Waals surface area contributed by atoms with Gasteiger partial charge in [0.2, 0.25) is 0 Å². The van der Waals surface area contributed by atoms with Crippen molar-refractivity contribution in [3.05, 3.63) is 35.8 Å². The molecule has 4 N–H and O–H groups in total. The third-order valence-electron chi connectivity index (χ3n) is 0.833. The van der Waals surface area contributed by atoms with E-state index in [2.05, 4.69) is 11.5 Å². The second-order valence-electron chi connectivity index (χ2n) is 1.60. The second-order valence-corrected chi connectivity index (χ2v) is 1.60. The molecule has 0 heterocycles. The predicted octanol–water partition coefficient (Wildman–Crippen LogP) is -0.258. The maximum absolute atomic E-state index is 8.74. The van der Waals surface area contributed by atoms with Crippen molar-refractivity contribution in [2.24, 2.45) is 0 Å². The molecule has 8 heavy (non-hydrogen) atoms. The van der Waals surface area contributed by atoms with Crippen LogP contribution in [0.15, 0.2) is 29.7 Å². The van der Waals surface area contributed by atoms with Gasteiger partial charge in [-0.15, -0.1) is 5.73 Å². The highest BCUT2D eigenvalue weighted by Crippen LogP contribution is 2.03. The minimum Gasteiger partial charge on any atom is -0.377 e. The van der Waals surface area contributed by atoms with E-state index in [-0.39, 0.29) is 6.10 Å². The summed E-state index contributed by atoms with van der Waals surface area (Å²) in [5.74, 6) is 0. The summed E-state index contributed by atoms with van der Waals surface area (Å²) < 4.78 is 0. The summed E-state index contributed by atoms with van der Waals surface area (Å²) in [7, 11) is 0. The molecule has 0 aromatic heterocycles. The van der Waals surface area contributed by atoms with Gasteiger partial charge in [0, 0.05) is 12.2 Å². The predicted molar refractivity (Wildman–Crippen MR) is 28.8 cm³/mol. The fourth-order valence-electron chi connectivity index (χ4n) is 0.507. The minimum absolute atomic E-state index is 0.220. The molecular weight excluding hydrogens is 102 g/mol. The van der Waals surface area contributed by atoms with Crippen molar-refractivity contribution in [3.8, 4) is 0 Å². The fourth-order valence-corrected chi connectivity index (χ4v) is 0.507. The first kappa shape index (κ1) is 5.32. The lowest BCUT2D eigenvalue weighted by Gasteiger charge is -1.95. The van der Waals surface area contributed by atoms with Crippen LogP contribution in [0, 0.1) is 6.10 Å². The van der Waals surface area contributed by atoms with E-state index in [9.17, 15) is 0 Å². The molecule has 0 fully saturated rings. The van der Waals surface area contributed by atoms with Crippen LogP contribution in [0.4, 0.5) is 0 Å². The Hall–Kier alpha value is -0.820. The van der Waals surface area contributed by atoms with E-state index < -0.39 is 0 Å². The Kier molecular flexibility index (Phi) is 1.31. The monoisotopic (exact) mass is 109 g/mol. The van der Waals surface area contributed by atoms with Gasteiger partial charge in [-0.3, -0.25) is 0 Å². The van der Waals surface area contributed by atoms with Crippen LogP contribution in [0.1, 0.15) is 0 Å². The topological polar surface area (TPSA) is 47.9 Å². The molecule has 0 aromatic carbocycles. The molecule has 0 aliphatic heterocycles. The summed E-state index contributed by atoms with van der Waals surface area (Å²) >= 11 is 0. The molecule has 0 atom stereocenters. The quantitative estimate of drug-likeness (QED) is 0.414. The van der Waals surface area contributed by atoms with Gasteiger partial charge in [-0.2, -0.15) is 0 Å². The Balaban J connectivity index is 2.86. The van der Waals surface area contributed by atoms with E-state index in [1.807, 2.05) is 0 Å². The van der Waals surface area contributed by atoms with E-state index in [1.165, 1.54) is 6.08 Å². The average Bonchev–Trinajstić information content (AvgIpc) is 1.64. The first-order chi connectivity index (χ1) is 3.79. The molecule has 1 aliphatic carbocycles. The molecule has 2 nitrogen and oxygen atoms in total. The van der Waals surface area contributed by atoms with Gasteiger partial charge in [-0.05, 0) is 6.08 Å². The van der Waals surface area contributed by atoms with E-state index in [0.717, 1.165) is 5.70 Å². The molecule has 1 rings (SSSR count). The standard InChI is InChI=1S/C6H6NO/c7-5-2-1-3-6(8)4-5/h2-4,8H,7H2/p+1. The van der Waals surface area contributed by atoms with Gasteiger partial charge in [0.25, 0.3) is 0 Å². The first-order valence-corrected chi connectivity index (χ1v) is 2.31. The highest BCUT2D eigenvalue weighted by atomic mass is 16.3. The largest absolute Gasteiger partial charge is 0.377 e. The Labute approximate surface area is 47.6 Å². The van der Waals surface area contributed by atoms with Gasteiger partial charge in [0.05, 0.1) is 0 Å². The van der Waals surface area contributed by atoms with Gasteiger partial charge in [-0.1, -0.05) is 0 Å². The van der Waals surface area contributed by atoms with Crippen LogP contribution in [-0.4, -0.2) is 5.11 Å². The lowest BCUT2D eigenvalue weighted by atomic mass is 10.2. The number of aliphatic hydroxyl groups excluding tert-OH is 1. The molecule has 1 radical (unpaired) electrons. The Morgan fingerprint density at radius 1 is 1.50 bits per heavy atom. The lowest BCUT2D eigenvalue weighted by molar-refractivity contribution is -0.295. The van der Waals surface area contributed by atoms with Crippen LogP contribution < -0.4 is 5.73 Å². The zero-order chi connectivity index (χ0) is 5.98.